The Morgan fingerprint density at radius 3 is 2.89 bits per heavy atom. The van der Waals surface area contributed by atoms with Crippen molar-refractivity contribution in [1.82, 2.24) is 30.4 Å². The maximum atomic E-state index is 11.9. The van der Waals surface area contributed by atoms with Crippen LogP contribution in [0.2, 0.25) is 0 Å². The maximum Gasteiger partial charge on any atom is 0.316 e. The predicted octanol–water partition coefficient (Wildman–Crippen LogP) is -2.03. The molecule has 0 aliphatic carbocycles. The first-order chi connectivity index (χ1) is 8.66. The van der Waals surface area contributed by atoms with E-state index in [0.717, 1.165) is 13.0 Å². The first-order valence-corrected chi connectivity index (χ1v) is 5.72. The number of nitrogens with zero attached hydrogens (tertiary/aromatic N) is 5. The maximum absolute atomic E-state index is 11.9. The Balaban J connectivity index is 1.93. The molecule has 1 aromatic rings. The van der Waals surface area contributed by atoms with Crippen LogP contribution in [-0.4, -0.2) is 63.1 Å². The van der Waals surface area contributed by atoms with Crippen molar-refractivity contribution in [2.75, 3.05) is 31.5 Å². The van der Waals surface area contributed by atoms with E-state index in [0.29, 0.717) is 19.6 Å². The number of tetrazole rings is 1. The summed E-state index contributed by atoms with van der Waals surface area (Å²) in [5.74, 6) is -1.26. The number of aryl methyl sites for hydroxylation is 1. The third kappa shape index (κ3) is 3.00. The highest BCUT2D eigenvalue weighted by Gasteiger charge is 2.23. The molecule has 2 amide bonds. The van der Waals surface area contributed by atoms with Crippen LogP contribution < -0.4 is 10.6 Å². The first kappa shape index (κ1) is 12.4. The molecule has 1 saturated heterocycles. The summed E-state index contributed by atoms with van der Waals surface area (Å²) < 4.78 is 0. The number of amides is 2. The van der Waals surface area contributed by atoms with E-state index in [1.54, 1.807) is 7.05 Å². The van der Waals surface area contributed by atoms with Crippen molar-refractivity contribution in [3.63, 3.8) is 0 Å². The van der Waals surface area contributed by atoms with Gasteiger partial charge in [0.15, 0.2) is 0 Å². The van der Waals surface area contributed by atoms with Gasteiger partial charge in [-0.25, -0.2) is 0 Å². The van der Waals surface area contributed by atoms with Crippen molar-refractivity contribution < 1.29 is 9.59 Å². The Morgan fingerprint density at radius 1 is 1.33 bits per heavy atom. The Labute approximate surface area is 104 Å². The standard InChI is InChI=1S/C9H15N7O2/c1-15-13-9(12-14-15)11-7(17)8(18)16-5-2-3-10-4-6-16/h10H,2-6H2,1H3,(H,11,13,17). The van der Waals surface area contributed by atoms with E-state index in [1.807, 2.05) is 0 Å². The number of hydrogen-bond donors (Lipinski definition) is 2. The summed E-state index contributed by atoms with van der Waals surface area (Å²) in [6, 6.07) is 0. The second-order valence-corrected chi connectivity index (χ2v) is 3.95. The highest BCUT2D eigenvalue weighted by molar-refractivity contribution is 6.39. The molecule has 1 fully saturated rings. The average molecular weight is 253 g/mol. The predicted molar refractivity (Wildman–Crippen MR) is 61.5 cm³/mol. The zero-order chi connectivity index (χ0) is 13.0. The van der Waals surface area contributed by atoms with E-state index in [9.17, 15) is 9.59 Å². The van der Waals surface area contributed by atoms with E-state index in [-0.39, 0.29) is 5.95 Å². The average Bonchev–Trinajstić information content (AvgIpc) is 2.62. The quantitative estimate of drug-likeness (QED) is 0.559. The molecule has 0 saturated carbocycles. The minimum atomic E-state index is -0.732. The molecule has 0 bridgehead atoms. The van der Waals surface area contributed by atoms with E-state index in [1.165, 1.54) is 9.70 Å². The van der Waals surface area contributed by atoms with Gasteiger partial charge in [0.05, 0.1) is 7.05 Å². The van der Waals surface area contributed by atoms with Crippen molar-refractivity contribution in [2.24, 2.45) is 7.05 Å². The van der Waals surface area contributed by atoms with Gasteiger partial charge >= 0.3 is 11.8 Å². The normalized spacial score (nSPS) is 16.2. The molecule has 0 spiro atoms. The van der Waals surface area contributed by atoms with E-state index >= 15 is 0 Å². The van der Waals surface area contributed by atoms with E-state index in [2.05, 4.69) is 26.0 Å². The van der Waals surface area contributed by atoms with Gasteiger partial charge in [-0.2, -0.15) is 4.80 Å². The molecule has 98 valence electrons. The molecule has 0 atom stereocenters. The molecule has 2 N–H and O–H groups in total. The third-order valence-corrected chi connectivity index (χ3v) is 2.56. The van der Waals surface area contributed by atoms with Gasteiger partial charge in [0.2, 0.25) is 0 Å². The van der Waals surface area contributed by atoms with E-state index in [4.69, 9.17) is 0 Å². The Kier molecular flexibility index (Phi) is 3.82. The lowest BCUT2D eigenvalue weighted by Crippen LogP contribution is -2.41. The zero-order valence-electron chi connectivity index (χ0n) is 10.1. The van der Waals surface area contributed by atoms with Crippen LogP contribution in [0.4, 0.5) is 5.95 Å². The fourth-order valence-corrected chi connectivity index (χ4v) is 1.68. The van der Waals surface area contributed by atoms with Crippen LogP contribution in [0.25, 0.3) is 0 Å². The van der Waals surface area contributed by atoms with Gasteiger partial charge in [-0.1, -0.05) is 5.10 Å². The van der Waals surface area contributed by atoms with Crippen molar-refractivity contribution in [2.45, 2.75) is 6.42 Å². The fourth-order valence-electron chi connectivity index (χ4n) is 1.68. The lowest BCUT2D eigenvalue weighted by atomic mass is 10.3. The largest absolute Gasteiger partial charge is 0.333 e. The van der Waals surface area contributed by atoms with Crippen molar-refractivity contribution in [3.05, 3.63) is 0 Å². The second kappa shape index (κ2) is 5.54. The van der Waals surface area contributed by atoms with Crippen molar-refractivity contribution in [1.29, 1.82) is 0 Å². The fraction of sp³-hybridized carbons (Fsp3) is 0.667. The minimum Gasteiger partial charge on any atom is -0.333 e. The van der Waals surface area contributed by atoms with Gasteiger partial charge in [0, 0.05) is 19.6 Å². The van der Waals surface area contributed by atoms with Crippen LogP contribution in [0.1, 0.15) is 6.42 Å². The molecule has 0 unspecified atom stereocenters. The Bertz CT molecular complexity index is 436. The smallest absolute Gasteiger partial charge is 0.316 e. The van der Waals surface area contributed by atoms with E-state index < -0.39 is 11.8 Å². The lowest BCUT2D eigenvalue weighted by molar-refractivity contribution is -0.143. The number of anilines is 1. The Hall–Kier alpha value is -2.03. The van der Waals surface area contributed by atoms with Gasteiger partial charge in [-0.05, 0) is 18.2 Å². The molecule has 18 heavy (non-hydrogen) atoms. The number of hydrogen-bond acceptors (Lipinski definition) is 6. The summed E-state index contributed by atoms with van der Waals surface area (Å²) in [6.45, 7) is 2.66. The summed E-state index contributed by atoms with van der Waals surface area (Å²) in [4.78, 5) is 26.3. The van der Waals surface area contributed by atoms with Gasteiger partial charge < -0.3 is 10.2 Å². The monoisotopic (exact) mass is 253 g/mol. The first-order valence-electron chi connectivity index (χ1n) is 5.72. The van der Waals surface area contributed by atoms with Crippen molar-refractivity contribution in [3.8, 4) is 0 Å². The molecule has 0 aromatic carbocycles. The summed E-state index contributed by atoms with van der Waals surface area (Å²) in [7, 11) is 1.57. The number of nitrogens with one attached hydrogen (secondary N) is 2. The molecular weight excluding hydrogens is 238 g/mol. The molecular formula is C9H15N7O2. The van der Waals surface area contributed by atoms with Gasteiger partial charge in [0.25, 0.3) is 5.95 Å². The molecule has 1 aliphatic rings. The zero-order valence-corrected chi connectivity index (χ0v) is 10.1. The second-order valence-electron chi connectivity index (χ2n) is 3.95. The summed E-state index contributed by atoms with van der Waals surface area (Å²) in [5, 5.41) is 16.4. The van der Waals surface area contributed by atoms with Gasteiger partial charge in [0.1, 0.15) is 0 Å². The van der Waals surface area contributed by atoms with Gasteiger partial charge in [-0.15, -0.1) is 5.10 Å². The lowest BCUT2D eigenvalue weighted by Gasteiger charge is -2.18. The van der Waals surface area contributed by atoms with Crippen LogP contribution in [0.5, 0.6) is 0 Å². The number of carbonyl (C=O) groups excluding carboxylic acids is 2. The molecule has 1 aliphatic heterocycles. The highest BCUT2D eigenvalue weighted by Crippen LogP contribution is 1.99. The molecule has 9 nitrogen and oxygen atoms in total. The van der Waals surface area contributed by atoms with Crippen LogP contribution in [-0.2, 0) is 16.6 Å². The number of aromatic nitrogens is 4. The van der Waals surface area contributed by atoms with Gasteiger partial charge in [-0.3, -0.25) is 14.9 Å². The highest BCUT2D eigenvalue weighted by atomic mass is 16.2. The summed E-state index contributed by atoms with van der Waals surface area (Å²) >= 11 is 0. The molecule has 0 radical (unpaired) electrons. The number of carbonyl (C=O) groups is 2. The molecule has 2 heterocycles. The van der Waals surface area contributed by atoms with Crippen molar-refractivity contribution >= 4 is 17.8 Å². The SMILES string of the molecule is Cn1nnc(NC(=O)C(=O)N2CCCNCC2)n1. The molecule has 9 heteroatoms. The number of rotatable bonds is 1. The Morgan fingerprint density at radius 2 is 2.17 bits per heavy atom. The van der Waals surface area contributed by atoms with Crippen LogP contribution in [0.3, 0.4) is 0 Å². The van der Waals surface area contributed by atoms with Crippen LogP contribution in [0, 0.1) is 0 Å². The third-order valence-electron chi connectivity index (χ3n) is 2.56. The topological polar surface area (TPSA) is 105 Å². The molecule has 2 rings (SSSR count). The van der Waals surface area contributed by atoms with Crippen LogP contribution in [0.15, 0.2) is 0 Å². The summed E-state index contributed by atoms with van der Waals surface area (Å²) in [5.41, 5.74) is 0. The summed E-state index contributed by atoms with van der Waals surface area (Å²) in [6.07, 6.45) is 0.836. The van der Waals surface area contributed by atoms with Crippen LogP contribution >= 0.6 is 0 Å². The molecule has 1 aromatic heterocycles. The minimum absolute atomic E-state index is 0.0313.